The maximum absolute atomic E-state index is 13.1. The summed E-state index contributed by atoms with van der Waals surface area (Å²) >= 11 is 6.26. The zero-order valence-electron chi connectivity index (χ0n) is 16.7. The van der Waals surface area contributed by atoms with Gasteiger partial charge in [0.05, 0.1) is 16.9 Å². The molecule has 3 aromatic heterocycles. The van der Waals surface area contributed by atoms with Crippen LogP contribution in [0.4, 0.5) is 0 Å². The van der Waals surface area contributed by atoms with E-state index in [1.54, 1.807) is 35.9 Å². The third-order valence-corrected chi connectivity index (χ3v) is 5.26. The largest absolute Gasteiger partial charge is 0.360 e. The highest BCUT2D eigenvalue weighted by molar-refractivity contribution is 6.33. The SMILES string of the molecule is Cc1onc(-c2ccccc2Cl)c1C(=O)Nn1cnc2c(cnn2-c2ccccc2)c1=O. The molecule has 9 nitrogen and oxygen atoms in total. The van der Waals surface area contributed by atoms with E-state index in [2.05, 4.69) is 20.7 Å². The molecule has 32 heavy (non-hydrogen) atoms. The van der Waals surface area contributed by atoms with Crippen molar-refractivity contribution in [2.75, 3.05) is 5.43 Å². The van der Waals surface area contributed by atoms with Crippen LogP contribution in [0.2, 0.25) is 5.02 Å². The molecule has 1 amide bonds. The smallest absolute Gasteiger partial charge is 0.283 e. The van der Waals surface area contributed by atoms with Crippen LogP contribution in [0.3, 0.4) is 0 Å². The third kappa shape index (κ3) is 3.25. The predicted octanol–water partition coefficient (Wildman–Crippen LogP) is 3.58. The van der Waals surface area contributed by atoms with Gasteiger partial charge in [0.1, 0.15) is 28.7 Å². The predicted molar refractivity (Wildman–Crippen MR) is 119 cm³/mol. The van der Waals surface area contributed by atoms with Crippen LogP contribution in [0.1, 0.15) is 16.1 Å². The molecule has 5 aromatic rings. The first-order valence-corrected chi connectivity index (χ1v) is 9.95. The molecule has 0 fully saturated rings. The topological polar surface area (TPSA) is 108 Å². The van der Waals surface area contributed by atoms with Gasteiger partial charge in [0.2, 0.25) is 0 Å². The molecule has 0 aliphatic rings. The van der Waals surface area contributed by atoms with E-state index >= 15 is 0 Å². The van der Waals surface area contributed by atoms with Crippen LogP contribution < -0.4 is 11.0 Å². The average Bonchev–Trinajstić information content (AvgIpc) is 3.41. The lowest BCUT2D eigenvalue weighted by Gasteiger charge is -2.09. The molecule has 0 saturated carbocycles. The number of halogens is 1. The van der Waals surface area contributed by atoms with Gasteiger partial charge >= 0.3 is 0 Å². The molecule has 3 heterocycles. The fourth-order valence-electron chi connectivity index (χ4n) is 3.39. The molecule has 2 aromatic carbocycles. The van der Waals surface area contributed by atoms with Gasteiger partial charge in [-0.2, -0.15) is 5.10 Å². The van der Waals surface area contributed by atoms with Gasteiger partial charge in [0, 0.05) is 5.56 Å². The van der Waals surface area contributed by atoms with Crippen LogP contribution in [-0.4, -0.2) is 30.5 Å². The fraction of sp³-hybridized carbons (Fsp3) is 0.0455. The van der Waals surface area contributed by atoms with Crippen LogP contribution >= 0.6 is 11.6 Å². The molecular formula is C22H15ClN6O3. The third-order valence-electron chi connectivity index (χ3n) is 4.93. The number of fused-ring (bicyclic) bond motifs is 1. The summed E-state index contributed by atoms with van der Waals surface area (Å²) in [4.78, 5) is 30.3. The highest BCUT2D eigenvalue weighted by Gasteiger charge is 2.24. The highest BCUT2D eigenvalue weighted by Crippen LogP contribution is 2.31. The van der Waals surface area contributed by atoms with Crippen molar-refractivity contribution in [2.24, 2.45) is 0 Å². The van der Waals surface area contributed by atoms with Crippen molar-refractivity contribution in [2.45, 2.75) is 6.92 Å². The maximum Gasteiger partial charge on any atom is 0.283 e. The van der Waals surface area contributed by atoms with Gasteiger partial charge in [-0.25, -0.2) is 14.3 Å². The first kappa shape index (κ1) is 19.7. The van der Waals surface area contributed by atoms with Gasteiger partial charge in [-0.15, -0.1) is 0 Å². The second kappa shape index (κ2) is 7.78. The summed E-state index contributed by atoms with van der Waals surface area (Å²) < 4.78 is 7.79. The van der Waals surface area contributed by atoms with Gasteiger partial charge in [-0.05, 0) is 25.1 Å². The van der Waals surface area contributed by atoms with E-state index < -0.39 is 11.5 Å². The molecule has 158 valence electrons. The number of hydrogen-bond acceptors (Lipinski definition) is 6. The second-order valence-corrected chi connectivity index (χ2v) is 7.34. The summed E-state index contributed by atoms with van der Waals surface area (Å²) in [5.74, 6) is -0.297. The minimum atomic E-state index is -0.586. The number of carbonyl (C=O) groups is 1. The van der Waals surface area contributed by atoms with Crippen molar-refractivity contribution in [3.63, 3.8) is 0 Å². The van der Waals surface area contributed by atoms with E-state index in [1.807, 2.05) is 30.3 Å². The Kier molecular flexibility index (Phi) is 4.79. The molecule has 0 spiro atoms. The Morgan fingerprint density at radius 3 is 2.62 bits per heavy atom. The standard InChI is InChI=1S/C22H15ClN6O3/c1-13-18(19(27-32-13)15-9-5-6-10-17(15)23)21(30)26-28-12-24-20-16(22(28)31)11-25-29(20)14-7-3-2-4-8-14/h2-12H,1H3,(H,26,30). The van der Waals surface area contributed by atoms with Gasteiger partial charge in [-0.3, -0.25) is 15.0 Å². The van der Waals surface area contributed by atoms with Gasteiger partial charge in [0.15, 0.2) is 5.65 Å². The average molecular weight is 447 g/mol. The number of benzene rings is 2. The Morgan fingerprint density at radius 2 is 1.84 bits per heavy atom. The summed E-state index contributed by atoms with van der Waals surface area (Å²) in [5, 5.41) is 8.92. The molecule has 10 heteroatoms. The van der Waals surface area contributed by atoms with Gasteiger partial charge in [0.25, 0.3) is 11.5 Å². The summed E-state index contributed by atoms with van der Waals surface area (Å²) in [7, 11) is 0. The molecule has 0 unspecified atom stereocenters. The van der Waals surface area contributed by atoms with Crippen LogP contribution in [-0.2, 0) is 0 Å². The molecule has 0 aliphatic carbocycles. The Morgan fingerprint density at radius 1 is 1.09 bits per heavy atom. The molecule has 0 radical (unpaired) electrons. The minimum Gasteiger partial charge on any atom is -0.360 e. The summed E-state index contributed by atoms with van der Waals surface area (Å²) in [6, 6.07) is 16.3. The van der Waals surface area contributed by atoms with Gasteiger partial charge in [-0.1, -0.05) is 53.2 Å². The fourth-order valence-corrected chi connectivity index (χ4v) is 3.62. The number of hydrogen-bond donors (Lipinski definition) is 1. The van der Waals surface area contributed by atoms with Crippen molar-refractivity contribution >= 4 is 28.5 Å². The number of rotatable bonds is 4. The number of carbonyl (C=O) groups excluding carboxylic acids is 1. The monoisotopic (exact) mass is 446 g/mol. The molecule has 0 saturated heterocycles. The van der Waals surface area contributed by atoms with Crippen molar-refractivity contribution in [1.29, 1.82) is 0 Å². The Hall–Kier alpha value is -4.24. The van der Waals surface area contributed by atoms with Crippen LogP contribution in [0, 0.1) is 6.92 Å². The van der Waals surface area contributed by atoms with E-state index in [-0.39, 0.29) is 22.4 Å². The van der Waals surface area contributed by atoms with E-state index in [0.717, 1.165) is 10.4 Å². The molecular weight excluding hydrogens is 432 g/mol. The van der Waals surface area contributed by atoms with E-state index in [1.165, 1.54) is 12.5 Å². The molecule has 0 bridgehead atoms. The van der Waals surface area contributed by atoms with E-state index in [9.17, 15) is 9.59 Å². The second-order valence-electron chi connectivity index (χ2n) is 6.93. The van der Waals surface area contributed by atoms with E-state index in [0.29, 0.717) is 16.2 Å². The zero-order chi connectivity index (χ0) is 22.2. The first-order chi connectivity index (χ1) is 15.5. The lowest BCUT2D eigenvalue weighted by Crippen LogP contribution is -2.33. The number of aryl methyl sites for hydroxylation is 1. The molecule has 0 aliphatic heterocycles. The van der Waals surface area contributed by atoms with Crippen LogP contribution in [0.5, 0.6) is 0 Å². The number of aromatic nitrogens is 5. The van der Waals surface area contributed by atoms with Crippen molar-refractivity contribution in [3.05, 3.63) is 93.8 Å². The lowest BCUT2D eigenvalue weighted by molar-refractivity contribution is 0.101. The number of nitrogens with one attached hydrogen (secondary N) is 1. The normalized spacial score (nSPS) is 11.1. The zero-order valence-corrected chi connectivity index (χ0v) is 17.4. The Bertz CT molecular complexity index is 1520. The number of para-hydroxylation sites is 1. The Labute approximate surface area is 185 Å². The number of amides is 1. The van der Waals surface area contributed by atoms with Crippen molar-refractivity contribution < 1.29 is 9.32 Å². The van der Waals surface area contributed by atoms with Gasteiger partial charge < -0.3 is 4.52 Å². The maximum atomic E-state index is 13.1. The highest BCUT2D eigenvalue weighted by atomic mass is 35.5. The molecule has 5 rings (SSSR count). The van der Waals surface area contributed by atoms with Crippen molar-refractivity contribution in [3.8, 4) is 16.9 Å². The van der Waals surface area contributed by atoms with Crippen LogP contribution in [0.15, 0.2) is 76.4 Å². The number of nitrogens with zero attached hydrogens (tertiary/aromatic N) is 5. The molecule has 0 atom stereocenters. The van der Waals surface area contributed by atoms with E-state index in [4.69, 9.17) is 16.1 Å². The molecule has 1 N–H and O–H groups in total. The summed E-state index contributed by atoms with van der Waals surface area (Å²) in [5.41, 5.74) is 4.21. The lowest BCUT2D eigenvalue weighted by atomic mass is 10.1. The summed E-state index contributed by atoms with van der Waals surface area (Å²) in [6.07, 6.45) is 2.65. The quantitative estimate of drug-likeness (QED) is 0.452. The Balaban J connectivity index is 1.52. The summed E-state index contributed by atoms with van der Waals surface area (Å²) in [6.45, 7) is 1.61. The van der Waals surface area contributed by atoms with Crippen molar-refractivity contribution in [1.82, 2.24) is 24.6 Å². The first-order valence-electron chi connectivity index (χ1n) is 9.58. The minimum absolute atomic E-state index is 0.171. The van der Waals surface area contributed by atoms with Crippen LogP contribution in [0.25, 0.3) is 28.0 Å².